The molecular weight excluding hydrogens is 217 g/mol. The summed E-state index contributed by atoms with van der Waals surface area (Å²) in [6.07, 6.45) is 0. The van der Waals surface area contributed by atoms with Gasteiger partial charge in [0.05, 0.1) is 12.7 Å². The van der Waals surface area contributed by atoms with Gasteiger partial charge >= 0.3 is 0 Å². The number of amides is 1. The summed E-state index contributed by atoms with van der Waals surface area (Å²) >= 11 is 0. The van der Waals surface area contributed by atoms with Crippen molar-refractivity contribution in [2.24, 2.45) is 11.8 Å². The highest BCUT2D eigenvalue weighted by Gasteiger charge is 2.39. The minimum Gasteiger partial charge on any atom is -0.335 e. The third kappa shape index (κ3) is 2.19. The van der Waals surface area contributed by atoms with Gasteiger partial charge in [0.25, 0.3) is 0 Å². The highest BCUT2D eigenvalue weighted by molar-refractivity contribution is 5.81. The predicted octanol–water partition coefficient (Wildman–Crippen LogP) is 2.81. The maximum Gasteiger partial charge on any atom is 0.226 e. The third-order valence-corrected chi connectivity index (χ3v) is 3.76. The van der Waals surface area contributed by atoms with Gasteiger partial charge in [0.15, 0.2) is 0 Å². The Labute approximate surface area is 101 Å². The zero-order chi connectivity index (χ0) is 12.4. The number of rotatable bonds is 3. The van der Waals surface area contributed by atoms with Crippen LogP contribution in [-0.2, 0) is 4.79 Å². The fourth-order valence-electron chi connectivity index (χ4n) is 2.41. The molecular formula is C14H18FNO. The van der Waals surface area contributed by atoms with Gasteiger partial charge in [-0.15, -0.1) is 0 Å². The van der Waals surface area contributed by atoms with E-state index in [2.05, 4.69) is 0 Å². The summed E-state index contributed by atoms with van der Waals surface area (Å²) in [5, 5.41) is 0. The Hall–Kier alpha value is -1.38. The lowest BCUT2D eigenvalue weighted by Gasteiger charge is -2.25. The molecule has 1 aliphatic heterocycles. The summed E-state index contributed by atoms with van der Waals surface area (Å²) in [6.45, 7) is 3.95. The van der Waals surface area contributed by atoms with Crippen LogP contribution in [0.4, 0.5) is 4.39 Å². The van der Waals surface area contributed by atoms with Crippen molar-refractivity contribution < 1.29 is 9.18 Å². The van der Waals surface area contributed by atoms with E-state index in [1.807, 2.05) is 44.2 Å². The maximum atomic E-state index is 12.8. The minimum absolute atomic E-state index is 0.0303. The van der Waals surface area contributed by atoms with Crippen LogP contribution in [0.1, 0.15) is 25.5 Å². The molecule has 1 saturated heterocycles. The SMILES string of the molecule is C[C@@H]1C(=O)N([C@H](C)c2ccccc2)C[C@H]1CF. The molecule has 92 valence electrons. The van der Waals surface area contributed by atoms with Gasteiger partial charge in [-0.05, 0) is 12.5 Å². The number of benzene rings is 1. The Morgan fingerprint density at radius 3 is 2.59 bits per heavy atom. The quantitative estimate of drug-likeness (QED) is 0.789. The number of carbonyl (C=O) groups is 1. The third-order valence-electron chi connectivity index (χ3n) is 3.76. The van der Waals surface area contributed by atoms with E-state index in [1.54, 1.807) is 4.90 Å². The first-order chi connectivity index (χ1) is 8.15. The molecule has 0 aliphatic carbocycles. The second-order valence-electron chi connectivity index (χ2n) is 4.78. The van der Waals surface area contributed by atoms with E-state index < -0.39 is 6.67 Å². The smallest absolute Gasteiger partial charge is 0.226 e. The van der Waals surface area contributed by atoms with Crippen LogP contribution in [0.15, 0.2) is 30.3 Å². The largest absolute Gasteiger partial charge is 0.335 e. The lowest BCUT2D eigenvalue weighted by molar-refractivity contribution is -0.132. The van der Waals surface area contributed by atoms with Crippen molar-refractivity contribution in [2.75, 3.05) is 13.2 Å². The lowest BCUT2D eigenvalue weighted by Crippen LogP contribution is -2.29. The van der Waals surface area contributed by atoms with Crippen molar-refractivity contribution in [1.29, 1.82) is 0 Å². The molecule has 0 saturated carbocycles. The van der Waals surface area contributed by atoms with E-state index in [0.717, 1.165) is 5.56 Å². The minimum atomic E-state index is -0.412. The van der Waals surface area contributed by atoms with Gasteiger partial charge in [-0.25, -0.2) is 0 Å². The van der Waals surface area contributed by atoms with E-state index in [4.69, 9.17) is 0 Å². The van der Waals surface area contributed by atoms with E-state index in [-0.39, 0.29) is 23.8 Å². The summed E-state index contributed by atoms with van der Waals surface area (Å²) in [4.78, 5) is 13.8. The molecule has 1 heterocycles. The van der Waals surface area contributed by atoms with Gasteiger partial charge in [-0.3, -0.25) is 9.18 Å². The Bertz CT molecular complexity index is 392. The molecule has 2 nitrogen and oxygen atoms in total. The van der Waals surface area contributed by atoms with Crippen LogP contribution in [0.5, 0.6) is 0 Å². The van der Waals surface area contributed by atoms with Crippen molar-refractivity contribution in [3.63, 3.8) is 0 Å². The number of hydrogen-bond donors (Lipinski definition) is 0. The molecule has 0 unspecified atom stereocenters. The summed E-state index contributed by atoms with van der Waals surface area (Å²) in [6, 6.07) is 9.92. The topological polar surface area (TPSA) is 20.3 Å². The Morgan fingerprint density at radius 1 is 1.41 bits per heavy atom. The molecule has 3 heteroatoms. The number of nitrogens with zero attached hydrogens (tertiary/aromatic N) is 1. The molecule has 17 heavy (non-hydrogen) atoms. The monoisotopic (exact) mass is 235 g/mol. The predicted molar refractivity (Wildman–Crippen MR) is 65.2 cm³/mol. The molecule has 0 bridgehead atoms. The molecule has 0 N–H and O–H groups in total. The molecule has 1 aliphatic rings. The molecule has 3 atom stereocenters. The second kappa shape index (κ2) is 4.86. The summed E-state index contributed by atoms with van der Waals surface area (Å²) in [5.74, 6) is -0.260. The van der Waals surface area contributed by atoms with Crippen LogP contribution in [0.2, 0.25) is 0 Å². The van der Waals surface area contributed by atoms with Crippen LogP contribution in [-0.4, -0.2) is 24.0 Å². The van der Waals surface area contributed by atoms with Crippen molar-refractivity contribution in [1.82, 2.24) is 4.90 Å². The van der Waals surface area contributed by atoms with Gasteiger partial charge in [0.1, 0.15) is 0 Å². The molecule has 0 radical (unpaired) electrons. The lowest BCUT2D eigenvalue weighted by atomic mass is 10.00. The van der Waals surface area contributed by atoms with Gasteiger partial charge in [0, 0.05) is 18.4 Å². The van der Waals surface area contributed by atoms with Crippen molar-refractivity contribution in [3.05, 3.63) is 35.9 Å². The Kier molecular flexibility index (Phi) is 3.46. The molecule has 0 aromatic heterocycles. The molecule has 1 fully saturated rings. The number of carbonyl (C=O) groups excluding carboxylic acids is 1. The highest BCUT2D eigenvalue weighted by Crippen LogP contribution is 2.32. The van der Waals surface area contributed by atoms with Crippen molar-refractivity contribution in [2.45, 2.75) is 19.9 Å². The van der Waals surface area contributed by atoms with Crippen LogP contribution >= 0.6 is 0 Å². The first-order valence-electron chi connectivity index (χ1n) is 6.06. The molecule has 2 rings (SSSR count). The summed E-state index contributed by atoms with van der Waals surface area (Å²) < 4.78 is 12.8. The van der Waals surface area contributed by atoms with Crippen LogP contribution in [0, 0.1) is 11.8 Å². The van der Waals surface area contributed by atoms with Crippen LogP contribution in [0.3, 0.4) is 0 Å². The fraction of sp³-hybridized carbons (Fsp3) is 0.500. The van der Waals surface area contributed by atoms with E-state index >= 15 is 0 Å². The molecule has 1 amide bonds. The zero-order valence-corrected chi connectivity index (χ0v) is 10.3. The number of hydrogen-bond acceptors (Lipinski definition) is 1. The van der Waals surface area contributed by atoms with Crippen LogP contribution < -0.4 is 0 Å². The van der Waals surface area contributed by atoms with Crippen molar-refractivity contribution in [3.8, 4) is 0 Å². The number of halogens is 1. The van der Waals surface area contributed by atoms with Gasteiger partial charge < -0.3 is 4.90 Å². The second-order valence-corrected chi connectivity index (χ2v) is 4.78. The van der Waals surface area contributed by atoms with Gasteiger partial charge in [-0.2, -0.15) is 0 Å². The average Bonchev–Trinajstić information content (AvgIpc) is 2.66. The average molecular weight is 235 g/mol. The van der Waals surface area contributed by atoms with E-state index in [9.17, 15) is 9.18 Å². The standard InChI is InChI=1S/C14H18FNO/c1-10-13(8-15)9-16(14(10)17)11(2)12-6-4-3-5-7-12/h3-7,10-11,13H,8-9H2,1-2H3/t10-,11+,13+/m0/s1. The van der Waals surface area contributed by atoms with Crippen LogP contribution in [0.25, 0.3) is 0 Å². The molecule has 0 spiro atoms. The normalized spacial score (nSPS) is 26.3. The van der Waals surface area contributed by atoms with E-state index in [1.165, 1.54) is 0 Å². The first-order valence-corrected chi connectivity index (χ1v) is 6.06. The number of alkyl halides is 1. The fourth-order valence-corrected chi connectivity index (χ4v) is 2.41. The van der Waals surface area contributed by atoms with Crippen molar-refractivity contribution >= 4 is 5.91 Å². The van der Waals surface area contributed by atoms with E-state index in [0.29, 0.717) is 6.54 Å². The molecule has 1 aromatic rings. The summed E-state index contributed by atoms with van der Waals surface area (Å²) in [5.41, 5.74) is 1.10. The zero-order valence-electron chi connectivity index (χ0n) is 10.3. The maximum absolute atomic E-state index is 12.8. The number of likely N-dealkylation sites (tertiary alicyclic amines) is 1. The van der Waals surface area contributed by atoms with Gasteiger partial charge in [0.2, 0.25) is 5.91 Å². The molecule has 1 aromatic carbocycles. The summed E-state index contributed by atoms with van der Waals surface area (Å²) in [7, 11) is 0. The first kappa shape index (κ1) is 12.1. The highest BCUT2D eigenvalue weighted by atomic mass is 19.1. The van der Waals surface area contributed by atoms with Gasteiger partial charge in [-0.1, -0.05) is 37.3 Å². The Balaban J connectivity index is 2.16. The Morgan fingerprint density at radius 2 is 2.06 bits per heavy atom.